The smallest absolute Gasteiger partial charge is 0.341 e. The Balaban J connectivity index is 1.31. The van der Waals surface area contributed by atoms with E-state index >= 15 is 0 Å². The van der Waals surface area contributed by atoms with Crippen molar-refractivity contribution in [2.24, 2.45) is 0 Å². The molecule has 2 N–H and O–H groups in total. The number of anilines is 2. The number of aryl methyl sites for hydroxylation is 1. The van der Waals surface area contributed by atoms with Crippen molar-refractivity contribution in [3.63, 3.8) is 0 Å². The minimum Gasteiger partial charge on any atom is -0.462 e. The number of rotatable bonds is 6. The Kier molecular flexibility index (Phi) is 6.37. The van der Waals surface area contributed by atoms with Gasteiger partial charge in [0.2, 0.25) is 0 Å². The van der Waals surface area contributed by atoms with Gasteiger partial charge in [0, 0.05) is 22.4 Å². The predicted molar refractivity (Wildman–Crippen MR) is 141 cm³/mol. The molecule has 4 aromatic rings. The number of carbonyl (C=O) groups is 1. The first-order chi connectivity index (χ1) is 16.2. The van der Waals surface area contributed by atoms with Gasteiger partial charge in [0.05, 0.1) is 12.2 Å². The quantitative estimate of drug-likeness (QED) is 0.245. The first-order valence-electron chi connectivity index (χ1n) is 11.1. The number of ether oxygens (including phenoxy) is 1. The van der Waals surface area contributed by atoms with Crippen molar-refractivity contribution in [3.8, 4) is 0 Å². The van der Waals surface area contributed by atoms with Gasteiger partial charge in [0.15, 0.2) is 5.11 Å². The van der Waals surface area contributed by atoms with Crippen molar-refractivity contribution in [1.29, 1.82) is 0 Å². The van der Waals surface area contributed by atoms with Crippen LogP contribution in [0.25, 0.3) is 10.8 Å². The lowest BCUT2D eigenvalue weighted by molar-refractivity contribution is 0.0510. The van der Waals surface area contributed by atoms with Gasteiger partial charge in [0.1, 0.15) is 5.00 Å². The molecule has 0 aliphatic heterocycles. The SMILES string of the molecule is O=C(OCCc1ccccc1)c1c(NC(=S)Nc2cccc3ccccc23)sc2c1CCC2. The van der Waals surface area contributed by atoms with Gasteiger partial charge in [0.25, 0.3) is 0 Å². The maximum atomic E-state index is 13.1. The molecule has 1 aromatic heterocycles. The number of fused-ring (bicyclic) bond motifs is 2. The van der Waals surface area contributed by atoms with Crippen LogP contribution in [0.1, 0.15) is 32.8 Å². The summed E-state index contributed by atoms with van der Waals surface area (Å²) in [5, 5.41) is 10.0. The first-order valence-corrected chi connectivity index (χ1v) is 12.3. The highest BCUT2D eigenvalue weighted by Gasteiger charge is 2.28. The van der Waals surface area contributed by atoms with Crippen molar-refractivity contribution in [2.75, 3.05) is 17.2 Å². The third kappa shape index (κ3) is 4.77. The second-order valence-corrected chi connectivity index (χ2v) is 9.55. The fourth-order valence-electron chi connectivity index (χ4n) is 4.28. The Labute approximate surface area is 202 Å². The monoisotopic (exact) mass is 472 g/mol. The average Bonchev–Trinajstić information content (AvgIpc) is 3.41. The van der Waals surface area contributed by atoms with E-state index in [4.69, 9.17) is 17.0 Å². The van der Waals surface area contributed by atoms with E-state index in [1.54, 1.807) is 11.3 Å². The number of hydrogen-bond acceptors (Lipinski definition) is 4. The molecule has 0 saturated carbocycles. The summed E-state index contributed by atoms with van der Waals surface area (Å²) in [6.45, 7) is 0.353. The summed E-state index contributed by atoms with van der Waals surface area (Å²) in [4.78, 5) is 14.3. The Morgan fingerprint density at radius 2 is 1.73 bits per heavy atom. The third-order valence-electron chi connectivity index (χ3n) is 5.86. The molecule has 4 nitrogen and oxygen atoms in total. The van der Waals surface area contributed by atoms with Crippen LogP contribution in [0.5, 0.6) is 0 Å². The molecule has 0 atom stereocenters. The van der Waals surface area contributed by atoms with Gasteiger partial charge < -0.3 is 15.4 Å². The molecule has 1 aliphatic rings. The van der Waals surface area contributed by atoms with Crippen molar-refractivity contribution < 1.29 is 9.53 Å². The molecule has 0 spiro atoms. The predicted octanol–water partition coefficient (Wildman–Crippen LogP) is 6.60. The minimum absolute atomic E-state index is 0.277. The molecule has 33 heavy (non-hydrogen) atoms. The van der Waals surface area contributed by atoms with Crippen LogP contribution in [0.4, 0.5) is 10.7 Å². The fourth-order valence-corrected chi connectivity index (χ4v) is 5.84. The number of esters is 1. The van der Waals surface area contributed by atoms with Gasteiger partial charge in [-0.1, -0.05) is 66.7 Å². The zero-order valence-corrected chi connectivity index (χ0v) is 19.7. The molecule has 1 aliphatic carbocycles. The molecule has 3 aromatic carbocycles. The largest absolute Gasteiger partial charge is 0.462 e. The number of hydrogen-bond donors (Lipinski definition) is 2. The lowest BCUT2D eigenvalue weighted by atomic mass is 10.1. The fraction of sp³-hybridized carbons (Fsp3) is 0.185. The van der Waals surface area contributed by atoms with Gasteiger partial charge in [-0.2, -0.15) is 0 Å². The maximum absolute atomic E-state index is 13.1. The minimum atomic E-state index is -0.277. The lowest BCUT2D eigenvalue weighted by Gasteiger charge is -2.13. The van der Waals surface area contributed by atoms with E-state index in [0.29, 0.717) is 23.7 Å². The first kappa shape index (κ1) is 21.6. The molecular weight excluding hydrogens is 448 g/mol. The van der Waals surface area contributed by atoms with E-state index in [0.717, 1.165) is 51.9 Å². The number of thiophene rings is 1. The number of thiocarbonyl (C=S) groups is 1. The van der Waals surface area contributed by atoms with Gasteiger partial charge in [-0.15, -0.1) is 11.3 Å². The van der Waals surface area contributed by atoms with Crippen molar-refractivity contribution >= 4 is 56.1 Å². The van der Waals surface area contributed by atoms with Gasteiger partial charge in [-0.25, -0.2) is 4.79 Å². The Morgan fingerprint density at radius 3 is 2.61 bits per heavy atom. The number of carbonyl (C=O) groups excluding carboxylic acids is 1. The van der Waals surface area contributed by atoms with Crippen LogP contribution in [0.15, 0.2) is 72.8 Å². The number of benzene rings is 3. The highest BCUT2D eigenvalue weighted by Crippen LogP contribution is 2.39. The van der Waals surface area contributed by atoms with E-state index in [2.05, 4.69) is 28.8 Å². The lowest BCUT2D eigenvalue weighted by Crippen LogP contribution is -2.20. The second kappa shape index (κ2) is 9.73. The van der Waals surface area contributed by atoms with Crippen LogP contribution in [0.3, 0.4) is 0 Å². The van der Waals surface area contributed by atoms with Crippen molar-refractivity contribution in [3.05, 3.63) is 94.4 Å². The maximum Gasteiger partial charge on any atom is 0.341 e. The molecule has 6 heteroatoms. The van der Waals surface area contributed by atoms with Crippen LogP contribution in [0.2, 0.25) is 0 Å². The van der Waals surface area contributed by atoms with Crippen molar-refractivity contribution in [2.45, 2.75) is 25.7 Å². The normalized spacial score (nSPS) is 12.4. The molecule has 0 amide bonds. The van der Waals surface area contributed by atoms with Crippen LogP contribution < -0.4 is 10.6 Å². The van der Waals surface area contributed by atoms with E-state index in [1.807, 2.05) is 54.6 Å². The van der Waals surface area contributed by atoms with Crippen LogP contribution in [0, 0.1) is 0 Å². The standard InChI is InChI=1S/C27H24N2O2S2/c30-26(31-17-16-18-8-2-1-3-9-18)24-21-13-7-15-23(21)33-25(24)29-27(32)28-22-14-6-11-19-10-4-5-12-20(19)22/h1-6,8-12,14H,7,13,15-17H2,(H2,28,29,32). The second-order valence-electron chi connectivity index (χ2n) is 8.04. The van der Waals surface area contributed by atoms with Gasteiger partial charge >= 0.3 is 5.97 Å². The topological polar surface area (TPSA) is 50.4 Å². The summed E-state index contributed by atoms with van der Waals surface area (Å²) in [5.41, 5.74) is 3.84. The molecule has 166 valence electrons. The Hall–Kier alpha value is -3.22. The van der Waals surface area contributed by atoms with Gasteiger partial charge in [-0.3, -0.25) is 0 Å². The summed E-state index contributed by atoms with van der Waals surface area (Å²) in [7, 11) is 0. The van der Waals surface area contributed by atoms with E-state index in [-0.39, 0.29) is 5.97 Å². The average molecular weight is 473 g/mol. The summed E-state index contributed by atoms with van der Waals surface area (Å²) in [6, 6.07) is 24.3. The van der Waals surface area contributed by atoms with E-state index in [9.17, 15) is 4.79 Å². The zero-order chi connectivity index (χ0) is 22.6. The molecule has 0 radical (unpaired) electrons. The zero-order valence-electron chi connectivity index (χ0n) is 18.1. The highest BCUT2D eigenvalue weighted by molar-refractivity contribution is 7.80. The Morgan fingerprint density at radius 1 is 0.939 bits per heavy atom. The molecule has 1 heterocycles. The van der Waals surface area contributed by atoms with Crippen LogP contribution in [-0.4, -0.2) is 17.7 Å². The number of nitrogens with one attached hydrogen (secondary N) is 2. The summed E-state index contributed by atoms with van der Waals surface area (Å²) in [5.74, 6) is -0.277. The van der Waals surface area contributed by atoms with Crippen LogP contribution >= 0.6 is 23.6 Å². The summed E-state index contributed by atoms with van der Waals surface area (Å²) in [6.07, 6.45) is 3.67. The van der Waals surface area contributed by atoms with E-state index < -0.39 is 0 Å². The van der Waals surface area contributed by atoms with Crippen molar-refractivity contribution in [1.82, 2.24) is 0 Å². The third-order valence-corrected chi connectivity index (χ3v) is 7.27. The summed E-state index contributed by atoms with van der Waals surface area (Å²) >= 11 is 7.23. The van der Waals surface area contributed by atoms with Crippen LogP contribution in [-0.2, 0) is 24.0 Å². The summed E-state index contributed by atoms with van der Waals surface area (Å²) < 4.78 is 5.68. The molecule has 0 saturated heterocycles. The van der Waals surface area contributed by atoms with E-state index in [1.165, 1.54) is 4.88 Å². The molecule has 0 fully saturated rings. The molecule has 5 rings (SSSR count). The Bertz CT molecular complexity index is 1310. The highest BCUT2D eigenvalue weighted by atomic mass is 32.1. The van der Waals surface area contributed by atoms with Gasteiger partial charge in [-0.05, 0) is 54.1 Å². The molecular formula is C27H24N2O2S2. The molecule has 0 bridgehead atoms. The molecule has 0 unspecified atom stereocenters.